The molecule has 0 aliphatic rings. The summed E-state index contributed by atoms with van der Waals surface area (Å²) in [5.74, 6) is 0. The van der Waals surface area contributed by atoms with E-state index in [0.29, 0.717) is 13.0 Å². The molecule has 2 aromatic rings. The van der Waals surface area contributed by atoms with Gasteiger partial charge in [0, 0.05) is 18.9 Å². The Morgan fingerprint density at radius 3 is 2.86 bits per heavy atom. The van der Waals surface area contributed by atoms with Gasteiger partial charge in [-0.3, -0.25) is 0 Å². The Morgan fingerprint density at radius 1 is 1.36 bits per heavy atom. The van der Waals surface area contributed by atoms with Crippen molar-refractivity contribution in [2.45, 2.75) is 32.4 Å². The lowest BCUT2D eigenvalue weighted by Crippen LogP contribution is -2.38. The number of carbonyl (C=O) groups excluding carboxylic acids is 1. The summed E-state index contributed by atoms with van der Waals surface area (Å²) < 4.78 is 1.78. The molecule has 6 nitrogen and oxygen atoms in total. The fourth-order valence-electron chi connectivity index (χ4n) is 2.08. The number of benzene rings is 1. The molecule has 0 aliphatic heterocycles. The lowest BCUT2D eigenvalue weighted by Gasteiger charge is -2.16. The summed E-state index contributed by atoms with van der Waals surface area (Å²) in [5.41, 5.74) is 1.95. The van der Waals surface area contributed by atoms with Gasteiger partial charge in [0.05, 0.1) is 17.8 Å². The highest BCUT2D eigenvalue weighted by atomic mass is 16.3. The second kappa shape index (κ2) is 7.61. The van der Waals surface area contributed by atoms with Gasteiger partial charge in [-0.15, -0.1) is 0 Å². The number of aliphatic hydroxyl groups is 1. The van der Waals surface area contributed by atoms with Crippen molar-refractivity contribution in [2.75, 3.05) is 6.54 Å². The number of aliphatic hydroxyl groups excluding tert-OH is 1. The van der Waals surface area contributed by atoms with Gasteiger partial charge in [-0.2, -0.15) is 5.10 Å². The molecule has 1 aromatic heterocycles. The van der Waals surface area contributed by atoms with E-state index in [1.165, 1.54) is 0 Å². The summed E-state index contributed by atoms with van der Waals surface area (Å²) in [5, 5.41) is 19.0. The molecule has 2 amide bonds. The Hall–Kier alpha value is -2.34. The highest BCUT2D eigenvalue weighted by molar-refractivity contribution is 5.74. The van der Waals surface area contributed by atoms with Crippen LogP contribution in [0.5, 0.6) is 0 Å². The van der Waals surface area contributed by atoms with Gasteiger partial charge in [0.1, 0.15) is 0 Å². The summed E-state index contributed by atoms with van der Waals surface area (Å²) in [6, 6.07) is 9.37. The predicted molar refractivity (Wildman–Crippen MR) is 84.8 cm³/mol. The van der Waals surface area contributed by atoms with E-state index < -0.39 is 6.10 Å². The van der Waals surface area contributed by atoms with E-state index in [0.717, 1.165) is 11.3 Å². The SMILES string of the molecule is CC(O)CCNC(=O)NC(C)c1cccc(-n2cccn2)c1. The molecule has 3 N–H and O–H groups in total. The molecule has 118 valence electrons. The van der Waals surface area contributed by atoms with Crippen molar-refractivity contribution in [3.63, 3.8) is 0 Å². The molecule has 2 atom stereocenters. The maximum atomic E-state index is 11.8. The quantitative estimate of drug-likeness (QED) is 0.763. The highest BCUT2D eigenvalue weighted by Crippen LogP contribution is 2.16. The van der Waals surface area contributed by atoms with Crippen LogP contribution in [0.2, 0.25) is 0 Å². The second-order valence-corrected chi connectivity index (χ2v) is 5.31. The number of nitrogens with one attached hydrogen (secondary N) is 2. The number of rotatable bonds is 6. The minimum absolute atomic E-state index is 0.123. The molecule has 0 bridgehead atoms. The molecule has 0 aliphatic carbocycles. The van der Waals surface area contributed by atoms with Crippen molar-refractivity contribution >= 4 is 6.03 Å². The smallest absolute Gasteiger partial charge is 0.315 e. The van der Waals surface area contributed by atoms with Crippen molar-refractivity contribution in [3.05, 3.63) is 48.3 Å². The minimum Gasteiger partial charge on any atom is -0.393 e. The van der Waals surface area contributed by atoms with E-state index >= 15 is 0 Å². The second-order valence-electron chi connectivity index (χ2n) is 5.31. The number of hydrogen-bond donors (Lipinski definition) is 3. The average Bonchev–Trinajstić information content (AvgIpc) is 3.01. The normalized spacial score (nSPS) is 13.4. The van der Waals surface area contributed by atoms with E-state index in [-0.39, 0.29) is 12.1 Å². The molecule has 1 aromatic carbocycles. The van der Waals surface area contributed by atoms with E-state index in [4.69, 9.17) is 5.11 Å². The van der Waals surface area contributed by atoms with Gasteiger partial charge in [-0.05, 0) is 44.0 Å². The zero-order valence-corrected chi connectivity index (χ0v) is 12.9. The highest BCUT2D eigenvalue weighted by Gasteiger charge is 2.10. The Balaban J connectivity index is 1.93. The number of urea groups is 1. The third kappa shape index (κ3) is 4.60. The Morgan fingerprint density at radius 2 is 2.18 bits per heavy atom. The van der Waals surface area contributed by atoms with Crippen LogP contribution in [0.3, 0.4) is 0 Å². The first-order chi connectivity index (χ1) is 10.6. The van der Waals surface area contributed by atoms with Crippen molar-refractivity contribution in [1.82, 2.24) is 20.4 Å². The largest absolute Gasteiger partial charge is 0.393 e. The van der Waals surface area contributed by atoms with Crippen molar-refractivity contribution in [1.29, 1.82) is 0 Å². The van der Waals surface area contributed by atoms with Crippen LogP contribution in [0, 0.1) is 0 Å². The Labute approximate surface area is 130 Å². The van der Waals surface area contributed by atoms with Crippen LogP contribution in [0.4, 0.5) is 4.79 Å². The van der Waals surface area contributed by atoms with Gasteiger partial charge in [-0.1, -0.05) is 12.1 Å². The number of nitrogens with zero attached hydrogens (tertiary/aromatic N) is 2. The molecule has 0 fully saturated rings. The van der Waals surface area contributed by atoms with E-state index in [1.807, 2.05) is 43.5 Å². The molecule has 2 rings (SSSR count). The van der Waals surface area contributed by atoms with E-state index in [9.17, 15) is 4.79 Å². The molecular weight excluding hydrogens is 280 g/mol. The molecule has 0 radical (unpaired) electrons. The zero-order valence-electron chi connectivity index (χ0n) is 12.9. The first kappa shape index (κ1) is 16.0. The topological polar surface area (TPSA) is 79.2 Å². The van der Waals surface area contributed by atoms with Gasteiger partial charge >= 0.3 is 6.03 Å². The average molecular weight is 302 g/mol. The Bertz CT molecular complexity index is 596. The van der Waals surface area contributed by atoms with Crippen LogP contribution >= 0.6 is 0 Å². The van der Waals surface area contributed by atoms with Crippen LogP contribution in [0.25, 0.3) is 5.69 Å². The molecule has 22 heavy (non-hydrogen) atoms. The molecule has 1 heterocycles. The van der Waals surface area contributed by atoms with Crippen molar-refractivity contribution in [3.8, 4) is 5.69 Å². The molecule has 6 heteroatoms. The van der Waals surface area contributed by atoms with Gasteiger partial charge in [0.2, 0.25) is 0 Å². The standard InChI is InChI=1S/C16H22N4O2/c1-12(21)7-9-17-16(22)19-13(2)14-5-3-6-15(11-14)20-10-4-8-18-20/h3-6,8,10-13,21H,7,9H2,1-2H3,(H2,17,19,22). The number of amides is 2. The first-order valence-electron chi connectivity index (χ1n) is 7.38. The lowest BCUT2D eigenvalue weighted by atomic mass is 10.1. The third-order valence-electron chi connectivity index (χ3n) is 3.33. The monoisotopic (exact) mass is 302 g/mol. The predicted octanol–water partition coefficient (Wildman–Crippen LogP) is 2.00. The van der Waals surface area contributed by atoms with Gasteiger partial charge in [0.15, 0.2) is 0 Å². The fraction of sp³-hybridized carbons (Fsp3) is 0.375. The summed E-state index contributed by atoms with van der Waals surface area (Å²) in [4.78, 5) is 11.8. The number of carbonyl (C=O) groups is 1. The zero-order chi connectivity index (χ0) is 15.9. The van der Waals surface area contributed by atoms with Crippen LogP contribution < -0.4 is 10.6 Å². The molecular formula is C16H22N4O2. The van der Waals surface area contributed by atoms with Crippen LogP contribution in [0.15, 0.2) is 42.7 Å². The van der Waals surface area contributed by atoms with Crippen molar-refractivity contribution < 1.29 is 9.90 Å². The van der Waals surface area contributed by atoms with E-state index in [2.05, 4.69) is 15.7 Å². The van der Waals surface area contributed by atoms with Gasteiger partial charge in [0.25, 0.3) is 0 Å². The molecule has 0 saturated heterocycles. The Kier molecular flexibility index (Phi) is 5.55. The summed E-state index contributed by atoms with van der Waals surface area (Å²) in [7, 11) is 0. The third-order valence-corrected chi connectivity index (χ3v) is 3.33. The number of aromatic nitrogens is 2. The minimum atomic E-state index is -0.413. The summed E-state index contributed by atoms with van der Waals surface area (Å²) >= 11 is 0. The summed E-state index contributed by atoms with van der Waals surface area (Å²) in [6.07, 6.45) is 3.73. The first-order valence-corrected chi connectivity index (χ1v) is 7.38. The molecule has 2 unspecified atom stereocenters. The van der Waals surface area contributed by atoms with Crippen LogP contribution in [0.1, 0.15) is 31.9 Å². The number of hydrogen-bond acceptors (Lipinski definition) is 3. The van der Waals surface area contributed by atoms with Crippen molar-refractivity contribution in [2.24, 2.45) is 0 Å². The molecule has 0 saturated carbocycles. The van der Waals surface area contributed by atoms with Crippen LogP contribution in [-0.2, 0) is 0 Å². The summed E-state index contributed by atoms with van der Waals surface area (Å²) in [6.45, 7) is 4.07. The van der Waals surface area contributed by atoms with E-state index in [1.54, 1.807) is 17.8 Å². The van der Waals surface area contributed by atoms with Crippen LogP contribution in [-0.4, -0.2) is 33.6 Å². The van der Waals surface area contributed by atoms with Gasteiger partial charge < -0.3 is 15.7 Å². The maximum Gasteiger partial charge on any atom is 0.315 e. The molecule has 0 spiro atoms. The van der Waals surface area contributed by atoms with Gasteiger partial charge in [-0.25, -0.2) is 9.48 Å². The fourth-order valence-corrected chi connectivity index (χ4v) is 2.08. The maximum absolute atomic E-state index is 11.8. The lowest BCUT2D eigenvalue weighted by molar-refractivity contribution is 0.183.